The van der Waals surface area contributed by atoms with E-state index in [0.29, 0.717) is 37.9 Å². The number of amides is 2. The Morgan fingerprint density at radius 2 is 1.84 bits per heavy atom. The van der Waals surface area contributed by atoms with Crippen LogP contribution in [0, 0.1) is 5.41 Å². The molecule has 1 unspecified atom stereocenters. The zero-order valence-electron chi connectivity index (χ0n) is 11.8. The molecule has 0 N–H and O–H groups in total. The van der Waals surface area contributed by atoms with Gasteiger partial charge >= 0.3 is 0 Å². The molecule has 108 valence electrons. The lowest BCUT2D eigenvalue weighted by molar-refractivity contribution is -0.149. The first-order chi connectivity index (χ1) is 8.91. The van der Waals surface area contributed by atoms with Crippen molar-refractivity contribution in [2.45, 2.75) is 26.8 Å². The molecule has 2 saturated heterocycles. The highest BCUT2D eigenvalue weighted by atomic mass is 32.2. The van der Waals surface area contributed by atoms with Gasteiger partial charge in [0.05, 0.1) is 19.1 Å². The molecule has 0 bridgehead atoms. The Bertz CT molecular complexity index is 361. The van der Waals surface area contributed by atoms with Gasteiger partial charge in [0.1, 0.15) is 6.04 Å². The molecule has 0 aromatic carbocycles. The van der Waals surface area contributed by atoms with E-state index in [0.717, 1.165) is 0 Å². The second kappa shape index (κ2) is 5.71. The molecule has 2 aliphatic rings. The second-order valence-electron chi connectivity index (χ2n) is 5.98. The van der Waals surface area contributed by atoms with Gasteiger partial charge in [-0.15, -0.1) is 11.8 Å². The average Bonchev–Trinajstić information content (AvgIpc) is 2.85. The maximum Gasteiger partial charge on any atom is 0.246 e. The molecule has 0 aliphatic carbocycles. The standard InChI is InChI=1S/C13H22N2O3S/c1-13(2,3)12(17)15-9-19-8-10(15)11(16)14-4-6-18-7-5-14/h10H,4-9H2,1-3H3. The van der Waals surface area contributed by atoms with Crippen molar-refractivity contribution in [1.82, 2.24) is 9.80 Å². The summed E-state index contributed by atoms with van der Waals surface area (Å²) >= 11 is 1.65. The van der Waals surface area contributed by atoms with Crippen molar-refractivity contribution in [2.24, 2.45) is 5.41 Å². The predicted octanol–water partition coefficient (Wildman–Crippen LogP) is 0.793. The molecule has 0 aromatic rings. The van der Waals surface area contributed by atoms with E-state index in [9.17, 15) is 9.59 Å². The number of nitrogens with zero attached hydrogens (tertiary/aromatic N) is 2. The summed E-state index contributed by atoms with van der Waals surface area (Å²) in [5.41, 5.74) is -0.436. The van der Waals surface area contributed by atoms with E-state index in [-0.39, 0.29) is 17.9 Å². The Hall–Kier alpha value is -0.750. The van der Waals surface area contributed by atoms with Crippen molar-refractivity contribution in [2.75, 3.05) is 37.9 Å². The molecule has 2 amide bonds. The molecule has 1 atom stereocenters. The third-order valence-electron chi connectivity index (χ3n) is 3.39. The summed E-state index contributed by atoms with van der Waals surface area (Å²) in [7, 11) is 0. The summed E-state index contributed by atoms with van der Waals surface area (Å²) in [5.74, 6) is 1.46. The number of carbonyl (C=O) groups is 2. The minimum Gasteiger partial charge on any atom is -0.378 e. The maximum absolute atomic E-state index is 12.5. The van der Waals surface area contributed by atoms with Crippen molar-refractivity contribution >= 4 is 23.6 Å². The monoisotopic (exact) mass is 286 g/mol. The first-order valence-corrected chi connectivity index (χ1v) is 7.82. The maximum atomic E-state index is 12.5. The molecule has 19 heavy (non-hydrogen) atoms. The lowest BCUT2D eigenvalue weighted by atomic mass is 9.94. The van der Waals surface area contributed by atoms with E-state index in [4.69, 9.17) is 4.74 Å². The van der Waals surface area contributed by atoms with Gasteiger partial charge in [0.25, 0.3) is 0 Å². The topological polar surface area (TPSA) is 49.9 Å². The summed E-state index contributed by atoms with van der Waals surface area (Å²) in [5, 5.41) is 0. The van der Waals surface area contributed by atoms with Gasteiger partial charge in [-0.1, -0.05) is 20.8 Å². The van der Waals surface area contributed by atoms with Crippen LogP contribution in [0.4, 0.5) is 0 Å². The predicted molar refractivity (Wildman–Crippen MR) is 74.8 cm³/mol. The normalized spacial score (nSPS) is 24.7. The molecular weight excluding hydrogens is 264 g/mol. The van der Waals surface area contributed by atoms with Crippen LogP contribution in [0.1, 0.15) is 20.8 Å². The van der Waals surface area contributed by atoms with E-state index < -0.39 is 5.41 Å². The van der Waals surface area contributed by atoms with E-state index in [1.807, 2.05) is 25.7 Å². The number of hydrogen-bond acceptors (Lipinski definition) is 4. The first kappa shape index (κ1) is 14.7. The van der Waals surface area contributed by atoms with Crippen molar-refractivity contribution < 1.29 is 14.3 Å². The third kappa shape index (κ3) is 3.23. The molecule has 0 saturated carbocycles. The minimum atomic E-state index is -0.436. The molecule has 0 aromatic heterocycles. The van der Waals surface area contributed by atoms with Crippen LogP contribution >= 0.6 is 11.8 Å². The fraction of sp³-hybridized carbons (Fsp3) is 0.846. The summed E-state index contributed by atoms with van der Waals surface area (Å²) in [6.07, 6.45) is 0. The Kier molecular flexibility index (Phi) is 4.40. The van der Waals surface area contributed by atoms with Crippen molar-refractivity contribution in [3.8, 4) is 0 Å². The molecule has 2 aliphatic heterocycles. The number of rotatable bonds is 1. The highest BCUT2D eigenvalue weighted by Gasteiger charge is 2.40. The van der Waals surface area contributed by atoms with Gasteiger partial charge in [-0.2, -0.15) is 0 Å². The Morgan fingerprint density at radius 3 is 2.42 bits per heavy atom. The van der Waals surface area contributed by atoms with Crippen LogP contribution in [0.15, 0.2) is 0 Å². The van der Waals surface area contributed by atoms with Crippen LogP contribution < -0.4 is 0 Å². The fourth-order valence-corrected chi connectivity index (χ4v) is 3.42. The third-order valence-corrected chi connectivity index (χ3v) is 4.40. The van der Waals surface area contributed by atoms with Gasteiger partial charge in [-0.05, 0) is 0 Å². The molecule has 2 heterocycles. The molecule has 2 fully saturated rings. The number of hydrogen-bond donors (Lipinski definition) is 0. The van der Waals surface area contributed by atoms with Gasteiger partial charge in [0, 0.05) is 24.3 Å². The van der Waals surface area contributed by atoms with Gasteiger partial charge in [-0.25, -0.2) is 0 Å². The van der Waals surface area contributed by atoms with Gasteiger partial charge in [-0.3, -0.25) is 9.59 Å². The van der Waals surface area contributed by atoms with E-state index in [1.54, 1.807) is 16.7 Å². The smallest absolute Gasteiger partial charge is 0.246 e. The van der Waals surface area contributed by atoms with Gasteiger partial charge in [0.15, 0.2) is 0 Å². The molecular formula is C13H22N2O3S. The molecule has 6 heteroatoms. The van der Waals surface area contributed by atoms with Crippen LogP contribution in [0.2, 0.25) is 0 Å². The van der Waals surface area contributed by atoms with Gasteiger partial charge in [0.2, 0.25) is 11.8 Å². The van der Waals surface area contributed by atoms with E-state index in [2.05, 4.69) is 0 Å². The number of carbonyl (C=O) groups excluding carboxylic acids is 2. The van der Waals surface area contributed by atoms with Crippen LogP contribution in [-0.4, -0.2) is 65.6 Å². The van der Waals surface area contributed by atoms with Crippen LogP contribution in [0.3, 0.4) is 0 Å². The number of thioether (sulfide) groups is 1. The average molecular weight is 286 g/mol. The largest absolute Gasteiger partial charge is 0.378 e. The highest BCUT2D eigenvalue weighted by Crippen LogP contribution is 2.28. The van der Waals surface area contributed by atoms with E-state index >= 15 is 0 Å². The lowest BCUT2D eigenvalue weighted by Gasteiger charge is -2.34. The van der Waals surface area contributed by atoms with Crippen molar-refractivity contribution in [3.05, 3.63) is 0 Å². The molecule has 5 nitrogen and oxygen atoms in total. The zero-order valence-corrected chi connectivity index (χ0v) is 12.7. The summed E-state index contributed by atoms with van der Waals surface area (Å²) in [4.78, 5) is 28.4. The fourth-order valence-electron chi connectivity index (χ4n) is 2.27. The van der Waals surface area contributed by atoms with Crippen LogP contribution in [-0.2, 0) is 14.3 Å². The Morgan fingerprint density at radius 1 is 1.21 bits per heavy atom. The minimum absolute atomic E-state index is 0.0594. The Balaban J connectivity index is 2.05. The van der Waals surface area contributed by atoms with Crippen LogP contribution in [0.5, 0.6) is 0 Å². The van der Waals surface area contributed by atoms with Gasteiger partial charge < -0.3 is 14.5 Å². The SMILES string of the molecule is CC(C)(C)C(=O)N1CSCC1C(=O)N1CCOCC1. The molecule has 2 rings (SSSR count). The second-order valence-corrected chi connectivity index (χ2v) is 6.98. The molecule has 0 spiro atoms. The summed E-state index contributed by atoms with van der Waals surface area (Å²) in [6, 6.07) is -0.296. The van der Waals surface area contributed by atoms with E-state index in [1.165, 1.54) is 0 Å². The number of ether oxygens (including phenoxy) is 1. The summed E-state index contributed by atoms with van der Waals surface area (Å²) < 4.78 is 5.26. The summed E-state index contributed by atoms with van der Waals surface area (Å²) in [6.45, 7) is 8.16. The number of morpholine rings is 1. The lowest BCUT2D eigenvalue weighted by Crippen LogP contribution is -2.53. The van der Waals surface area contributed by atoms with Crippen LogP contribution in [0.25, 0.3) is 0 Å². The van der Waals surface area contributed by atoms with Crippen molar-refractivity contribution in [1.29, 1.82) is 0 Å². The molecule has 0 radical (unpaired) electrons. The quantitative estimate of drug-likeness (QED) is 0.715. The van der Waals surface area contributed by atoms with Crippen molar-refractivity contribution in [3.63, 3.8) is 0 Å². The first-order valence-electron chi connectivity index (χ1n) is 6.66. The highest BCUT2D eigenvalue weighted by molar-refractivity contribution is 7.99. The zero-order chi connectivity index (χ0) is 14.0. The Labute approximate surface area is 118 Å².